The molecule has 0 aromatic carbocycles. The fourth-order valence-electron chi connectivity index (χ4n) is 4.35. The number of aryl methyl sites for hydroxylation is 1. The van der Waals surface area contributed by atoms with Gasteiger partial charge in [-0.2, -0.15) is 11.3 Å². The maximum absolute atomic E-state index is 8.85. The zero-order valence-electron chi connectivity index (χ0n) is 40.6. The second kappa shape index (κ2) is 30.7. The molecule has 0 fully saturated rings. The first-order valence-electron chi connectivity index (χ1n) is 20.2. The van der Waals surface area contributed by atoms with Gasteiger partial charge in [0.05, 0.1) is 0 Å². The Hall–Kier alpha value is 0.685. The standard InChI is InChI=1S/C17H38O4SSi4.C10H18OSSi.2C4H12OSi.C4H10OSi.CH4.H2/c1-10-25(8,19-23(3,4)5)21-26(9,20-24(6,7)18-2)15-11-12-17-13-14-22-16-17;1-11-13(2,3)8-4-5-10-6-7-12-9-10;2*1-5-6(2,3)4;1-4-6(2,3)5;;/h10,13-14,17H,1,11-12,15-16H2,2-9H3;6-7,9H,4-5,8H2,1-3H3;2*1-4H3;4-5H,1H2,2-3H3;1H4;1H/t17-,25?,26?;;;;;;/m0....../s1/i;;;;;;1+1. The average molecular weight is 995 g/mol. The Morgan fingerprint density at radius 1 is 0.707 bits per heavy atom. The van der Waals surface area contributed by atoms with Crippen LogP contribution in [0.15, 0.2) is 52.9 Å². The van der Waals surface area contributed by atoms with E-state index >= 15 is 0 Å². The number of allylic oxidation sites excluding steroid dienone is 1. The van der Waals surface area contributed by atoms with E-state index in [0.29, 0.717) is 5.92 Å². The van der Waals surface area contributed by atoms with Gasteiger partial charge >= 0.3 is 25.7 Å². The summed E-state index contributed by atoms with van der Waals surface area (Å²) in [4.78, 5) is 8.85. The largest absolute Gasteiger partial charge is 0.434 e. The van der Waals surface area contributed by atoms with Gasteiger partial charge in [0.2, 0.25) is 8.32 Å². The number of thioether (sulfide) groups is 1. The van der Waals surface area contributed by atoms with Crippen molar-refractivity contribution in [2.45, 2.75) is 156 Å². The van der Waals surface area contributed by atoms with Gasteiger partial charge in [0.15, 0.2) is 33.3 Å². The van der Waals surface area contributed by atoms with Gasteiger partial charge in [-0.15, -0.1) is 24.9 Å². The fraction of sp³-hybridized carbons (Fsp3) is 0.750. The first-order valence-corrected chi connectivity index (χ1v) is 46.3. The molecule has 8 nitrogen and oxygen atoms in total. The van der Waals surface area contributed by atoms with Crippen LogP contribution in [0.1, 0.15) is 33.7 Å². The summed E-state index contributed by atoms with van der Waals surface area (Å²) in [6.45, 7) is 43.7. The van der Waals surface area contributed by atoms with Crippen LogP contribution in [0, 0.1) is 5.92 Å². The topological polar surface area (TPSA) is 84.8 Å². The summed E-state index contributed by atoms with van der Waals surface area (Å²) >= 11 is 3.69. The monoisotopic (exact) mass is 993 g/mol. The van der Waals surface area contributed by atoms with Crippen LogP contribution in [-0.2, 0) is 36.5 Å². The third kappa shape index (κ3) is 42.0. The fourth-order valence-corrected chi connectivity index (χ4v) is 23.5. The minimum absolute atomic E-state index is 0. The molecule has 1 aliphatic rings. The molecule has 2 heterocycles. The SMILES string of the molecule is C.C=C[Si](C)(C)O.C=C[Si](C)(O[Si](C)(C)C)O[Si](C)(CCC[C@H]1C=CSC1)O[Si](C)(C)OC.CO[Si](C)(C)C.CO[Si](C)(C)C.CO[Si](C)(C)CCCc1ccsc1.[2HH]. The van der Waals surface area contributed by atoms with E-state index in [0.717, 1.165) is 12.5 Å². The highest BCUT2D eigenvalue weighted by Gasteiger charge is 2.46. The van der Waals surface area contributed by atoms with Crippen molar-refractivity contribution in [3.05, 3.63) is 58.4 Å². The van der Waals surface area contributed by atoms with Crippen molar-refractivity contribution < 1.29 is 36.3 Å². The predicted molar refractivity (Wildman–Crippen MR) is 285 cm³/mol. The second-order valence-corrected chi connectivity index (χ2v) is 53.3. The maximum Gasteiger partial charge on any atom is 0.342 e. The minimum Gasteiger partial charge on any atom is -0.434 e. The lowest BCUT2D eigenvalue weighted by Crippen LogP contribution is -2.58. The van der Waals surface area contributed by atoms with Crippen molar-refractivity contribution >= 4 is 90.4 Å². The van der Waals surface area contributed by atoms with Crippen molar-refractivity contribution in [3.8, 4) is 0 Å². The molecule has 18 heteroatoms. The molecule has 0 saturated heterocycles. The van der Waals surface area contributed by atoms with Gasteiger partial charge in [-0.1, -0.05) is 31.3 Å². The molecule has 0 saturated carbocycles. The Morgan fingerprint density at radius 2 is 1.21 bits per heavy atom. The second-order valence-electron chi connectivity index (χ2n) is 19.1. The van der Waals surface area contributed by atoms with E-state index in [9.17, 15) is 0 Å². The minimum atomic E-state index is -2.48. The highest BCUT2D eigenvalue weighted by molar-refractivity contribution is 8.02. The van der Waals surface area contributed by atoms with Crippen LogP contribution in [0.2, 0.25) is 123 Å². The summed E-state index contributed by atoms with van der Waals surface area (Å²) in [6, 6.07) is 4.44. The molecule has 1 aliphatic heterocycles. The van der Waals surface area contributed by atoms with Gasteiger partial charge in [-0.3, -0.25) is 0 Å². The molecule has 0 radical (unpaired) electrons. The lowest BCUT2D eigenvalue weighted by Gasteiger charge is -2.41. The van der Waals surface area contributed by atoms with Gasteiger partial charge < -0.3 is 34.8 Å². The molecule has 348 valence electrons. The zero-order valence-corrected chi connectivity index (χ0v) is 50.2. The summed E-state index contributed by atoms with van der Waals surface area (Å²) in [6.07, 6.45) is 7.11. The van der Waals surface area contributed by atoms with E-state index in [1.807, 2.05) is 37.7 Å². The van der Waals surface area contributed by atoms with Crippen molar-refractivity contribution in [2.24, 2.45) is 5.92 Å². The summed E-state index contributed by atoms with van der Waals surface area (Å²) in [5.41, 5.74) is 5.02. The molecular weight excluding hydrogens is 897 g/mol. The molecule has 0 aliphatic carbocycles. The smallest absolute Gasteiger partial charge is 0.342 e. The maximum atomic E-state index is 8.85. The van der Waals surface area contributed by atoms with Crippen LogP contribution in [-0.4, -0.2) is 106 Å². The highest BCUT2D eigenvalue weighted by atomic mass is 32.2. The van der Waals surface area contributed by atoms with E-state index in [-0.39, 0.29) is 8.85 Å². The molecule has 1 N–H and O–H groups in total. The van der Waals surface area contributed by atoms with Crippen LogP contribution in [0.3, 0.4) is 0 Å². The van der Waals surface area contributed by atoms with Crippen molar-refractivity contribution in [1.29, 1.82) is 0 Å². The van der Waals surface area contributed by atoms with Gasteiger partial charge in [-0.25, -0.2) is 0 Å². The number of rotatable bonds is 20. The van der Waals surface area contributed by atoms with Gasteiger partial charge in [0.1, 0.15) is 0 Å². The van der Waals surface area contributed by atoms with Crippen LogP contribution >= 0.6 is 23.1 Å². The molecule has 58 heavy (non-hydrogen) atoms. The van der Waals surface area contributed by atoms with Gasteiger partial charge in [0, 0.05) is 35.6 Å². The Bertz CT molecular complexity index is 1210. The third-order valence-electron chi connectivity index (χ3n) is 8.32. The quantitative estimate of drug-likeness (QED) is 0.128. The third-order valence-corrected chi connectivity index (χ3v) is 30.2. The van der Waals surface area contributed by atoms with Crippen molar-refractivity contribution in [3.63, 3.8) is 0 Å². The van der Waals surface area contributed by atoms with E-state index in [1.165, 1.54) is 36.6 Å². The Kier molecular flexibility index (Phi) is 34.6. The van der Waals surface area contributed by atoms with Crippen LogP contribution in [0.4, 0.5) is 0 Å². The van der Waals surface area contributed by atoms with E-state index in [1.54, 1.807) is 38.4 Å². The number of hydrogen-bond donors (Lipinski definition) is 1. The van der Waals surface area contributed by atoms with Crippen LogP contribution in [0.25, 0.3) is 0 Å². The normalized spacial score (nSPS) is 16.6. The molecule has 0 bridgehead atoms. The van der Waals surface area contributed by atoms with Crippen molar-refractivity contribution in [1.82, 2.24) is 0 Å². The van der Waals surface area contributed by atoms with Crippen molar-refractivity contribution in [2.75, 3.05) is 34.2 Å². The Labute approximate surface area is 379 Å². The number of hydrogen-bond acceptors (Lipinski definition) is 10. The van der Waals surface area contributed by atoms with Crippen LogP contribution in [0.5, 0.6) is 0 Å². The molecule has 1 aromatic heterocycles. The zero-order chi connectivity index (χ0) is 45.4. The van der Waals surface area contributed by atoms with E-state index in [4.69, 9.17) is 34.8 Å². The molecule has 2 unspecified atom stereocenters. The predicted octanol–water partition coefficient (Wildman–Crippen LogP) is 14.0. The summed E-state index contributed by atoms with van der Waals surface area (Å²) < 4.78 is 41.1. The summed E-state index contributed by atoms with van der Waals surface area (Å²) in [5.74, 6) is 1.89. The first-order chi connectivity index (χ1) is 25.6. The Morgan fingerprint density at radius 3 is 1.53 bits per heavy atom. The molecule has 3 atom stereocenters. The lowest BCUT2D eigenvalue weighted by atomic mass is 10.1. The first kappa shape index (κ1) is 65.3. The lowest BCUT2D eigenvalue weighted by molar-refractivity contribution is 0.261. The Balaban J connectivity index is -0.000000244. The molecule has 2 rings (SSSR count). The van der Waals surface area contributed by atoms with Gasteiger partial charge in [0.25, 0.3) is 0 Å². The number of thiophene rings is 1. The molecule has 0 amide bonds. The molecule has 1 aromatic rings. The highest BCUT2D eigenvalue weighted by Crippen LogP contribution is 2.31. The summed E-state index contributed by atoms with van der Waals surface area (Å²) in [5, 5.41) is 6.61. The summed E-state index contributed by atoms with van der Waals surface area (Å²) in [7, 11) is -7.17. The van der Waals surface area contributed by atoms with Crippen LogP contribution < -0.4 is 0 Å². The average Bonchev–Trinajstić information content (AvgIpc) is 3.79. The van der Waals surface area contributed by atoms with E-state index < -0.39 is 67.3 Å². The van der Waals surface area contributed by atoms with Gasteiger partial charge in [-0.05, 0) is 176 Å². The van der Waals surface area contributed by atoms with E-state index in [2.05, 4.69) is 140 Å². The molecular formula is C40H96O8S2Si8. The molecule has 0 spiro atoms.